The van der Waals surface area contributed by atoms with E-state index in [0.717, 1.165) is 0 Å². The minimum absolute atomic E-state index is 0.00463. The van der Waals surface area contributed by atoms with E-state index in [-0.39, 0.29) is 11.8 Å². The molecule has 1 atom stereocenters. The van der Waals surface area contributed by atoms with Gasteiger partial charge in [0.2, 0.25) is 0 Å². The third-order valence-corrected chi connectivity index (χ3v) is 1.61. The summed E-state index contributed by atoms with van der Waals surface area (Å²) in [6, 6.07) is 0. The summed E-state index contributed by atoms with van der Waals surface area (Å²) in [5.74, 6) is 0.351. The van der Waals surface area contributed by atoms with Crippen LogP contribution in [0.15, 0.2) is 17.1 Å². The Bertz CT molecular complexity index is 191. The maximum atomic E-state index is 11.0. The third-order valence-electron chi connectivity index (χ3n) is 1.61. The largest absolute Gasteiger partial charge is 0.272 e. The molecule has 0 saturated heterocycles. The lowest BCUT2D eigenvalue weighted by molar-refractivity contribution is -0.121. The van der Waals surface area contributed by atoms with Gasteiger partial charge in [-0.05, 0) is 12.0 Å². The molecule has 0 aliphatic carbocycles. The first kappa shape index (κ1) is 7.19. The summed E-state index contributed by atoms with van der Waals surface area (Å²) in [6.45, 7) is 4.04. The lowest BCUT2D eigenvalue weighted by Crippen LogP contribution is -2.18. The van der Waals surface area contributed by atoms with Crippen molar-refractivity contribution >= 4 is 12.1 Å². The van der Waals surface area contributed by atoms with Crippen molar-refractivity contribution in [3.63, 3.8) is 0 Å². The van der Waals surface area contributed by atoms with Gasteiger partial charge in [0.25, 0.3) is 5.91 Å². The first-order valence-corrected chi connectivity index (χ1v) is 3.46. The topological polar surface area (TPSA) is 29.4 Å². The van der Waals surface area contributed by atoms with Crippen molar-refractivity contribution < 1.29 is 4.79 Å². The molecule has 1 unspecified atom stereocenters. The van der Waals surface area contributed by atoms with E-state index < -0.39 is 0 Å². The van der Waals surface area contributed by atoms with Gasteiger partial charge in [-0.2, -0.15) is 0 Å². The van der Waals surface area contributed by atoms with Gasteiger partial charge in [0, 0.05) is 6.21 Å². The number of carbonyl (C=O) groups excluding carboxylic acids is 1. The molecule has 54 valence electrons. The van der Waals surface area contributed by atoms with Gasteiger partial charge in [-0.3, -0.25) is 4.79 Å². The minimum atomic E-state index is -0.0162. The molecule has 10 heavy (non-hydrogen) atoms. The highest BCUT2D eigenvalue weighted by atomic mass is 16.1. The van der Waals surface area contributed by atoms with Gasteiger partial charge in [-0.25, -0.2) is 4.99 Å². The van der Waals surface area contributed by atoms with E-state index in [4.69, 9.17) is 0 Å². The minimum Gasteiger partial charge on any atom is -0.272 e. The van der Waals surface area contributed by atoms with Crippen molar-refractivity contribution in [1.29, 1.82) is 0 Å². The number of hydrogen-bond acceptors (Lipinski definition) is 1. The van der Waals surface area contributed by atoms with Gasteiger partial charge >= 0.3 is 0 Å². The number of rotatable bonds is 1. The normalized spacial score (nSPS) is 24.3. The van der Waals surface area contributed by atoms with Crippen molar-refractivity contribution in [2.45, 2.75) is 13.8 Å². The molecule has 0 aromatic rings. The molecule has 1 amide bonds. The lowest BCUT2D eigenvalue weighted by Gasteiger charge is -2.13. The second-order valence-electron chi connectivity index (χ2n) is 2.77. The van der Waals surface area contributed by atoms with Gasteiger partial charge < -0.3 is 0 Å². The third kappa shape index (κ3) is 1.32. The number of dihydropyridines is 1. The number of hydrogen-bond donors (Lipinski definition) is 0. The summed E-state index contributed by atoms with van der Waals surface area (Å²) in [4.78, 5) is 14.7. The summed E-state index contributed by atoms with van der Waals surface area (Å²) in [7, 11) is 0. The van der Waals surface area contributed by atoms with Crippen LogP contribution in [0.3, 0.4) is 0 Å². The van der Waals surface area contributed by atoms with Crippen molar-refractivity contribution in [2.24, 2.45) is 16.8 Å². The average molecular weight is 137 g/mol. The summed E-state index contributed by atoms with van der Waals surface area (Å²) in [5.41, 5.74) is 0. The average Bonchev–Trinajstić information content (AvgIpc) is 1.88. The highest BCUT2D eigenvalue weighted by Gasteiger charge is 2.19. The van der Waals surface area contributed by atoms with E-state index in [1.54, 1.807) is 6.21 Å². The molecule has 0 fully saturated rings. The predicted octanol–water partition coefficient (Wildman–Crippen LogP) is 1.43. The van der Waals surface area contributed by atoms with Crippen LogP contribution in [0.4, 0.5) is 0 Å². The molecular weight excluding hydrogens is 126 g/mol. The predicted molar refractivity (Wildman–Crippen MR) is 41.0 cm³/mol. The summed E-state index contributed by atoms with van der Waals surface area (Å²) >= 11 is 0. The number of allylic oxidation sites excluding steroid dienone is 1. The lowest BCUT2D eigenvalue weighted by atomic mass is 9.94. The van der Waals surface area contributed by atoms with Crippen LogP contribution < -0.4 is 0 Å². The molecule has 1 aliphatic rings. The smallest absolute Gasteiger partial charge is 0.252 e. The van der Waals surface area contributed by atoms with E-state index in [0.29, 0.717) is 5.92 Å². The quantitative estimate of drug-likeness (QED) is 0.537. The van der Waals surface area contributed by atoms with Crippen LogP contribution in [0.2, 0.25) is 0 Å². The van der Waals surface area contributed by atoms with Crippen LogP contribution in [0.1, 0.15) is 13.8 Å². The number of nitrogens with zero attached hydrogens (tertiary/aromatic N) is 1. The fraction of sp³-hybridized carbons (Fsp3) is 0.500. The van der Waals surface area contributed by atoms with Gasteiger partial charge in [0.15, 0.2) is 0 Å². The zero-order valence-corrected chi connectivity index (χ0v) is 6.24. The second-order valence-corrected chi connectivity index (χ2v) is 2.77. The maximum Gasteiger partial charge on any atom is 0.252 e. The molecule has 1 aliphatic heterocycles. The van der Waals surface area contributed by atoms with Crippen molar-refractivity contribution in [3.8, 4) is 0 Å². The SMILES string of the molecule is CC(C)C1C=CC=NC1=O. The maximum absolute atomic E-state index is 11.0. The van der Waals surface area contributed by atoms with E-state index in [1.165, 1.54) is 0 Å². The molecule has 2 nitrogen and oxygen atoms in total. The fourth-order valence-electron chi connectivity index (χ4n) is 0.962. The van der Waals surface area contributed by atoms with Crippen LogP contribution in [-0.2, 0) is 4.79 Å². The van der Waals surface area contributed by atoms with E-state index in [1.807, 2.05) is 26.0 Å². The van der Waals surface area contributed by atoms with Crippen molar-refractivity contribution in [2.75, 3.05) is 0 Å². The van der Waals surface area contributed by atoms with E-state index >= 15 is 0 Å². The van der Waals surface area contributed by atoms with Crippen LogP contribution >= 0.6 is 0 Å². The van der Waals surface area contributed by atoms with Gasteiger partial charge in [0.1, 0.15) is 0 Å². The summed E-state index contributed by atoms with van der Waals surface area (Å²) in [5, 5.41) is 0. The Kier molecular flexibility index (Phi) is 2.00. The number of carbonyl (C=O) groups is 1. The molecule has 1 heterocycles. The molecule has 0 spiro atoms. The van der Waals surface area contributed by atoms with E-state index in [9.17, 15) is 4.79 Å². The van der Waals surface area contributed by atoms with Gasteiger partial charge in [-0.1, -0.05) is 19.9 Å². The summed E-state index contributed by atoms with van der Waals surface area (Å²) < 4.78 is 0. The Hall–Kier alpha value is -0.920. The molecule has 0 bridgehead atoms. The Balaban J connectivity index is 2.70. The molecule has 0 saturated carbocycles. The standard InChI is InChI=1S/C8H11NO/c1-6(2)7-4-3-5-9-8(7)10/h3-7H,1-2H3. The van der Waals surface area contributed by atoms with Gasteiger partial charge in [0.05, 0.1) is 5.92 Å². The van der Waals surface area contributed by atoms with Crippen LogP contribution in [0.25, 0.3) is 0 Å². The molecule has 0 radical (unpaired) electrons. The zero-order chi connectivity index (χ0) is 7.56. The molecular formula is C8H11NO. The molecule has 1 rings (SSSR count). The first-order chi connectivity index (χ1) is 4.72. The van der Waals surface area contributed by atoms with Gasteiger partial charge in [-0.15, -0.1) is 0 Å². The van der Waals surface area contributed by atoms with E-state index in [2.05, 4.69) is 4.99 Å². The zero-order valence-electron chi connectivity index (χ0n) is 6.24. The van der Waals surface area contributed by atoms with Crippen molar-refractivity contribution in [1.82, 2.24) is 0 Å². The molecule has 0 N–H and O–H groups in total. The Morgan fingerprint density at radius 2 is 2.30 bits per heavy atom. The summed E-state index contributed by atoms with van der Waals surface area (Å²) in [6.07, 6.45) is 5.27. The second kappa shape index (κ2) is 2.78. The van der Waals surface area contributed by atoms with Crippen molar-refractivity contribution in [3.05, 3.63) is 12.2 Å². The fourth-order valence-corrected chi connectivity index (χ4v) is 0.962. The molecule has 2 heteroatoms. The Morgan fingerprint density at radius 1 is 1.60 bits per heavy atom. The van der Waals surface area contributed by atoms with Crippen LogP contribution in [0, 0.1) is 11.8 Å². The van der Waals surface area contributed by atoms with Crippen LogP contribution in [0.5, 0.6) is 0 Å². The molecule has 0 aromatic heterocycles. The number of amides is 1. The Morgan fingerprint density at radius 3 is 2.70 bits per heavy atom. The number of aliphatic imine (C=N–C) groups is 1. The van der Waals surface area contributed by atoms with Crippen LogP contribution in [-0.4, -0.2) is 12.1 Å². The molecule has 0 aromatic carbocycles. The highest BCUT2D eigenvalue weighted by molar-refractivity contribution is 5.94. The monoisotopic (exact) mass is 137 g/mol. The highest BCUT2D eigenvalue weighted by Crippen LogP contribution is 2.15. The first-order valence-electron chi connectivity index (χ1n) is 3.46. The Labute approximate surface area is 60.7 Å².